The number of aliphatic hydroxyl groups is 7. The monoisotopic (exact) mass is 208 g/mol. The zero-order valence-corrected chi connectivity index (χ0v) is 7.29. The molecule has 0 radical (unpaired) electrons. The topological polar surface area (TPSA) is 142 Å². The molecule has 0 spiro atoms. The lowest BCUT2D eigenvalue weighted by atomic mass is 9.82. The Bertz CT molecular complexity index is 278. The Morgan fingerprint density at radius 3 is 1.93 bits per heavy atom. The van der Waals surface area contributed by atoms with Gasteiger partial charge in [-0.3, -0.25) is 0 Å². The van der Waals surface area contributed by atoms with E-state index in [1.54, 1.807) is 0 Å². The van der Waals surface area contributed by atoms with Gasteiger partial charge < -0.3 is 35.7 Å². The van der Waals surface area contributed by atoms with Crippen LogP contribution in [-0.2, 0) is 0 Å². The molecule has 7 nitrogen and oxygen atoms in total. The van der Waals surface area contributed by atoms with E-state index in [4.69, 9.17) is 35.7 Å². The first-order valence-electron chi connectivity index (χ1n) is 3.75. The molecule has 0 amide bonds. The summed E-state index contributed by atoms with van der Waals surface area (Å²) in [7, 11) is 0. The normalized spacial score (nSPS) is 33.7. The van der Waals surface area contributed by atoms with E-state index in [0.29, 0.717) is 6.08 Å². The zero-order chi connectivity index (χ0) is 11.4. The molecule has 0 heterocycles. The van der Waals surface area contributed by atoms with Gasteiger partial charge in [-0.25, -0.2) is 0 Å². The van der Waals surface area contributed by atoms with Crippen molar-refractivity contribution < 1.29 is 35.7 Å². The zero-order valence-electron chi connectivity index (χ0n) is 7.29. The van der Waals surface area contributed by atoms with E-state index in [2.05, 4.69) is 0 Å². The van der Waals surface area contributed by atoms with Gasteiger partial charge in [-0.05, 0) is 18.6 Å². The second kappa shape index (κ2) is 2.74. The molecule has 82 valence electrons. The van der Waals surface area contributed by atoms with Crippen molar-refractivity contribution in [1.29, 1.82) is 0 Å². The van der Waals surface area contributed by atoms with Crippen molar-refractivity contribution in [2.45, 2.75) is 30.4 Å². The van der Waals surface area contributed by atoms with Crippen LogP contribution in [0.15, 0.2) is 11.6 Å². The van der Waals surface area contributed by atoms with Crippen molar-refractivity contribution in [2.24, 2.45) is 0 Å². The molecule has 0 fully saturated rings. The Hall–Kier alpha value is -0.540. The molecule has 7 heteroatoms. The summed E-state index contributed by atoms with van der Waals surface area (Å²) in [4.78, 5) is 0. The molecule has 0 aliphatic heterocycles. The van der Waals surface area contributed by atoms with Crippen LogP contribution in [0, 0.1) is 0 Å². The van der Waals surface area contributed by atoms with Crippen molar-refractivity contribution in [2.75, 3.05) is 0 Å². The van der Waals surface area contributed by atoms with Gasteiger partial charge in [-0.1, -0.05) is 0 Å². The van der Waals surface area contributed by atoms with Crippen molar-refractivity contribution in [3.63, 3.8) is 0 Å². The molecule has 1 rings (SSSR count). The van der Waals surface area contributed by atoms with Gasteiger partial charge in [-0.15, -0.1) is 0 Å². The second-order valence-corrected chi connectivity index (χ2v) is 3.42. The maximum Gasteiger partial charge on any atom is 0.281 e. The van der Waals surface area contributed by atoms with Gasteiger partial charge in [0.05, 0.1) is 0 Å². The molecule has 0 saturated heterocycles. The van der Waals surface area contributed by atoms with Gasteiger partial charge in [-0.2, -0.15) is 0 Å². The minimum Gasteiger partial charge on any atom is -0.383 e. The molecular weight excluding hydrogens is 196 g/mol. The molecule has 7 N–H and O–H groups in total. The van der Waals surface area contributed by atoms with E-state index < -0.39 is 23.5 Å². The summed E-state index contributed by atoms with van der Waals surface area (Å²) in [5.74, 6) is -10.4. The van der Waals surface area contributed by atoms with Crippen LogP contribution < -0.4 is 0 Å². The second-order valence-electron chi connectivity index (χ2n) is 3.42. The summed E-state index contributed by atoms with van der Waals surface area (Å²) in [6.07, 6.45) is -1.51. The SMILES string of the molecule is CC1=CC(O)(O)C(O)(O)C(O)(O)C1O. The summed E-state index contributed by atoms with van der Waals surface area (Å²) in [5, 5.41) is 63.7. The minimum absolute atomic E-state index is 0.210. The fourth-order valence-corrected chi connectivity index (χ4v) is 1.28. The Kier molecular flexibility index (Phi) is 2.25. The van der Waals surface area contributed by atoms with Gasteiger partial charge in [0.1, 0.15) is 6.10 Å². The Morgan fingerprint density at radius 1 is 1.07 bits per heavy atom. The van der Waals surface area contributed by atoms with E-state index in [1.165, 1.54) is 6.92 Å². The first kappa shape index (κ1) is 11.5. The van der Waals surface area contributed by atoms with Crippen LogP contribution in [0.2, 0.25) is 0 Å². The Balaban J connectivity index is 3.34. The molecular formula is C7H12O7. The van der Waals surface area contributed by atoms with Gasteiger partial charge in [0.25, 0.3) is 11.6 Å². The number of hydrogen-bond acceptors (Lipinski definition) is 7. The third-order valence-corrected chi connectivity index (χ3v) is 2.27. The fraction of sp³-hybridized carbons (Fsp3) is 0.714. The maximum atomic E-state index is 9.16. The molecule has 0 aromatic carbocycles. The van der Waals surface area contributed by atoms with E-state index >= 15 is 0 Å². The van der Waals surface area contributed by atoms with Crippen molar-refractivity contribution in [3.05, 3.63) is 11.6 Å². The predicted octanol–water partition coefficient (Wildman–Crippen LogP) is -3.65. The first-order valence-corrected chi connectivity index (χ1v) is 3.75. The number of rotatable bonds is 0. The smallest absolute Gasteiger partial charge is 0.281 e. The maximum absolute atomic E-state index is 9.16. The summed E-state index contributed by atoms with van der Waals surface area (Å²) in [5.41, 5.74) is -0.210. The molecule has 0 aromatic heterocycles. The van der Waals surface area contributed by atoms with Crippen LogP contribution in [0.25, 0.3) is 0 Å². The lowest BCUT2D eigenvalue weighted by Gasteiger charge is -2.47. The lowest BCUT2D eigenvalue weighted by molar-refractivity contribution is -0.456. The van der Waals surface area contributed by atoms with Crippen LogP contribution in [-0.4, -0.2) is 59.2 Å². The molecule has 1 unspecified atom stereocenters. The summed E-state index contributed by atoms with van der Waals surface area (Å²) < 4.78 is 0. The fourth-order valence-electron chi connectivity index (χ4n) is 1.28. The average Bonchev–Trinajstić information content (AvgIpc) is 1.99. The highest BCUT2D eigenvalue weighted by Crippen LogP contribution is 2.38. The molecule has 1 aliphatic carbocycles. The number of hydrogen-bond donors (Lipinski definition) is 7. The molecule has 0 saturated carbocycles. The van der Waals surface area contributed by atoms with E-state index in [-0.39, 0.29) is 5.57 Å². The third-order valence-electron chi connectivity index (χ3n) is 2.27. The van der Waals surface area contributed by atoms with E-state index in [1.807, 2.05) is 0 Å². The van der Waals surface area contributed by atoms with Crippen LogP contribution in [0.4, 0.5) is 0 Å². The highest BCUT2D eigenvalue weighted by Gasteiger charge is 2.66. The van der Waals surface area contributed by atoms with Crippen molar-refractivity contribution in [1.82, 2.24) is 0 Å². The van der Waals surface area contributed by atoms with Gasteiger partial charge in [0, 0.05) is 0 Å². The highest BCUT2D eigenvalue weighted by molar-refractivity contribution is 5.24. The average molecular weight is 208 g/mol. The predicted molar refractivity (Wildman–Crippen MR) is 41.3 cm³/mol. The lowest BCUT2D eigenvalue weighted by Crippen LogP contribution is -2.74. The van der Waals surface area contributed by atoms with Crippen LogP contribution in [0.5, 0.6) is 0 Å². The summed E-state index contributed by atoms with van der Waals surface area (Å²) >= 11 is 0. The van der Waals surface area contributed by atoms with E-state index in [9.17, 15) is 0 Å². The third kappa shape index (κ3) is 1.19. The Morgan fingerprint density at radius 2 is 1.50 bits per heavy atom. The summed E-state index contributed by atoms with van der Waals surface area (Å²) in [6, 6.07) is 0. The van der Waals surface area contributed by atoms with Crippen LogP contribution in [0.1, 0.15) is 6.92 Å². The van der Waals surface area contributed by atoms with Crippen LogP contribution >= 0.6 is 0 Å². The van der Waals surface area contributed by atoms with Gasteiger partial charge in [0.2, 0.25) is 5.79 Å². The van der Waals surface area contributed by atoms with Crippen molar-refractivity contribution in [3.8, 4) is 0 Å². The number of aliphatic hydroxyl groups excluding tert-OH is 1. The quantitative estimate of drug-likeness (QED) is 0.161. The Labute approximate surface area is 78.8 Å². The van der Waals surface area contributed by atoms with Crippen LogP contribution in [0.3, 0.4) is 0 Å². The molecule has 1 aliphatic rings. The van der Waals surface area contributed by atoms with E-state index in [0.717, 1.165) is 0 Å². The minimum atomic E-state index is -3.68. The molecule has 1 atom stereocenters. The van der Waals surface area contributed by atoms with Gasteiger partial charge in [0.15, 0.2) is 0 Å². The first-order chi connectivity index (χ1) is 6.04. The van der Waals surface area contributed by atoms with Crippen molar-refractivity contribution >= 4 is 0 Å². The molecule has 0 bridgehead atoms. The standard InChI is InChI=1S/C7H12O7/c1-3-2-5(9,10)7(13,14)6(11,12)4(3)8/h2,4,8-14H,1H3. The molecule has 14 heavy (non-hydrogen) atoms. The van der Waals surface area contributed by atoms with Gasteiger partial charge >= 0.3 is 0 Å². The highest BCUT2D eigenvalue weighted by atomic mass is 16.7. The summed E-state index contributed by atoms with van der Waals surface area (Å²) in [6.45, 7) is 1.17. The molecule has 0 aromatic rings. The largest absolute Gasteiger partial charge is 0.383 e.